The Morgan fingerprint density at radius 1 is 1.16 bits per heavy atom. The van der Waals surface area contributed by atoms with E-state index in [1.54, 1.807) is 6.92 Å². The summed E-state index contributed by atoms with van der Waals surface area (Å²) < 4.78 is 5.12. The maximum atomic E-state index is 12.2. The Balaban J connectivity index is 1.70. The SMILES string of the molecule is CCOC(=O)C1CCCN(c2c(NC3CCC(C)CC3)c(=O)c2=O)C1. The molecule has 3 rings (SSSR count). The lowest BCUT2D eigenvalue weighted by Crippen LogP contribution is -2.48. The van der Waals surface area contributed by atoms with E-state index in [4.69, 9.17) is 4.74 Å². The summed E-state index contributed by atoms with van der Waals surface area (Å²) >= 11 is 0. The summed E-state index contributed by atoms with van der Waals surface area (Å²) in [6, 6.07) is 0.267. The Bertz CT molecular complexity index is 684. The van der Waals surface area contributed by atoms with Gasteiger partial charge in [0.1, 0.15) is 11.4 Å². The van der Waals surface area contributed by atoms with Crippen molar-refractivity contribution < 1.29 is 9.53 Å². The molecule has 2 aliphatic rings. The zero-order chi connectivity index (χ0) is 18.0. The van der Waals surface area contributed by atoms with E-state index in [2.05, 4.69) is 12.2 Å². The van der Waals surface area contributed by atoms with Gasteiger partial charge in [-0.2, -0.15) is 0 Å². The third-order valence-corrected chi connectivity index (χ3v) is 5.61. The second kappa shape index (κ2) is 7.58. The van der Waals surface area contributed by atoms with Gasteiger partial charge in [0.25, 0.3) is 10.9 Å². The number of esters is 1. The molecule has 0 aromatic heterocycles. The van der Waals surface area contributed by atoms with Crippen molar-refractivity contribution in [1.82, 2.24) is 0 Å². The fourth-order valence-corrected chi connectivity index (χ4v) is 4.06. The summed E-state index contributed by atoms with van der Waals surface area (Å²) in [7, 11) is 0. The Morgan fingerprint density at radius 2 is 1.88 bits per heavy atom. The van der Waals surface area contributed by atoms with Crippen LogP contribution >= 0.6 is 0 Å². The maximum Gasteiger partial charge on any atom is 0.310 e. The largest absolute Gasteiger partial charge is 0.466 e. The van der Waals surface area contributed by atoms with Crippen molar-refractivity contribution in [3.8, 4) is 0 Å². The first-order valence-corrected chi connectivity index (χ1v) is 9.52. The highest BCUT2D eigenvalue weighted by Gasteiger charge is 2.33. The molecule has 1 N–H and O–H groups in total. The second-order valence-electron chi connectivity index (χ2n) is 7.52. The molecule has 0 radical (unpaired) electrons. The molecule has 1 saturated heterocycles. The van der Waals surface area contributed by atoms with Gasteiger partial charge in [-0.25, -0.2) is 0 Å². The fraction of sp³-hybridized carbons (Fsp3) is 0.737. The van der Waals surface area contributed by atoms with E-state index in [1.807, 2.05) is 4.90 Å². The molecule has 1 unspecified atom stereocenters. The third-order valence-electron chi connectivity index (χ3n) is 5.61. The van der Waals surface area contributed by atoms with Crippen LogP contribution in [0.2, 0.25) is 0 Å². The van der Waals surface area contributed by atoms with E-state index in [1.165, 1.54) is 0 Å². The first-order chi connectivity index (χ1) is 12.0. The fourth-order valence-electron chi connectivity index (χ4n) is 4.06. The molecule has 1 heterocycles. The van der Waals surface area contributed by atoms with E-state index < -0.39 is 10.9 Å². The van der Waals surface area contributed by atoms with Crippen LogP contribution in [0.15, 0.2) is 9.59 Å². The van der Waals surface area contributed by atoms with E-state index in [0.29, 0.717) is 31.1 Å². The minimum atomic E-state index is -0.420. The lowest BCUT2D eigenvalue weighted by molar-refractivity contribution is -0.148. The van der Waals surface area contributed by atoms with Crippen LogP contribution in [0, 0.1) is 11.8 Å². The Hall–Kier alpha value is -1.85. The highest BCUT2D eigenvalue weighted by molar-refractivity contribution is 5.78. The summed E-state index contributed by atoms with van der Waals surface area (Å²) in [6.45, 7) is 5.57. The van der Waals surface area contributed by atoms with E-state index in [-0.39, 0.29) is 17.9 Å². The summed E-state index contributed by atoms with van der Waals surface area (Å²) in [5, 5.41) is 3.32. The predicted octanol–water partition coefficient (Wildman–Crippen LogP) is 2.05. The molecule has 1 aromatic carbocycles. The van der Waals surface area contributed by atoms with Gasteiger partial charge in [0.05, 0.1) is 12.5 Å². The highest BCUT2D eigenvalue weighted by Crippen LogP contribution is 2.30. The van der Waals surface area contributed by atoms with Gasteiger partial charge in [-0.1, -0.05) is 6.92 Å². The molecule has 1 saturated carbocycles. The van der Waals surface area contributed by atoms with Crippen molar-refractivity contribution in [2.24, 2.45) is 11.8 Å². The molecule has 138 valence electrons. The van der Waals surface area contributed by atoms with Crippen molar-refractivity contribution in [1.29, 1.82) is 0 Å². The monoisotopic (exact) mass is 348 g/mol. The number of nitrogens with zero attached hydrogens (tertiary/aromatic N) is 1. The molecule has 25 heavy (non-hydrogen) atoms. The van der Waals surface area contributed by atoms with Gasteiger partial charge in [0.2, 0.25) is 0 Å². The number of rotatable bonds is 5. The molecule has 6 nitrogen and oxygen atoms in total. The summed E-state index contributed by atoms with van der Waals surface area (Å²) in [5.74, 6) is 0.306. The van der Waals surface area contributed by atoms with Gasteiger partial charge in [0.15, 0.2) is 0 Å². The zero-order valence-electron chi connectivity index (χ0n) is 15.2. The van der Waals surface area contributed by atoms with Crippen LogP contribution in [0.3, 0.4) is 0 Å². The Kier molecular flexibility index (Phi) is 5.45. The molecule has 6 heteroatoms. The summed E-state index contributed by atoms with van der Waals surface area (Å²) in [6.07, 6.45) is 5.96. The van der Waals surface area contributed by atoms with E-state index in [9.17, 15) is 14.4 Å². The molecule has 2 fully saturated rings. The van der Waals surface area contributed by atoms with Crippen LogP contribution in [-0.2, 0) is 9.53 Å². The number of hydrogen-bond donors (Lipinski definition) is 1. The number of carbonyl (C=O) groups is 1. The molecule has 1 aromatic rings. The first kappa shape index (κ1) is 18.0. The van der Waals surface area contributed by atoms with Gasteiger partial charge in [0, 0.05) is 19.1 Å². The number of ether oxygens (including phenoxy) is 1. The minimum absolute atomic E-state index is 0.207. The van der Waals surface area contributed by atoms with Crippen molar-refractivity contribution in [2.75, 3.05) is 29.9 Å². The molecule has 0 spiro atoms. The van der Waals surface area contributed by atoms with Crippen LogP contribution in [0.5, 0.6) is 0 Å². The van der Waals surface area contributed by atoms with Crippen molar-refractivity contribution >= 4 is 17.3 Å². The number of carbonyl (C=O) groups excluding carboxylic acids is 1. The van der Waals surface area contributed by atoms with Gasteiger partial charge >= 0.3 is 5.97 Å². The number of piperidine rings is 1. The maximum absolute atomic E-state index is 12.2. The Labute approximate surface area is 148 Å². The van der Waals surface area contributed by atoms with Gasteiger partial charge in [-0.05, 0) is 51.4 Å². The number of hydrogen-bond acceptors (Lipinski definition) is 6. The summed E-state index contributed by atoms with van der Waals surface area (Å²) in [5.41, 5.74) is 0.120. The average Bonchev–Trinajstić information content (AvgIpc) is 2.63. The topological polar surface area (TPSA) is 75.7 Å². The third kappa shape index (κ3) is 3.72. The number of anilines is 2. The highest BCUT2D eigenvalue weighted by atomic mass is 16.5. The van der Waals surface area contributed by atoms with E-state index >= 15 is 0 Å². The standard InChI is InChI=1S/C19H28N2O4/c1-3-25-19(24)13-5-4-10-21(11-13)16-15(17(22)18(16)23)20-14-8-6-12(2)7-9-14/h12-14,20H,3-11H2,1-2H3. The van der Waals surface area contributed by atoms with Gasteiger partial charge < -0.3 is 15.0 Å². The van der Waals surface area contributed by atoms with Crippen molar-refractivity contribution in [3.63, 3.8) is 0 Å². The lowest BCUT2D eigenvalue weighted by atomic mass is 9.87. The van der Waals surface area contributed by atoms with Crippen molar-refractivity contribution in [2.45, 2.75) is 58.4 Å². The molecular formula is C19H28N2O4. The van der Waals surface area contributed by atoms with Crippen LogP contribution in [-0.4, -0.2) is 31.7 Å². The molecule has 1 aliphatic carbocycles. The average molecular weight is 348 g/mol. The van der Waals surface area contributed by atoms with Crippen LogP contribution in [0.25, 0.3) is 0 Å². The molecule has 0 bridgehead atoms. The van der Waals surface area contributed by atoms with Crippen LogP contribution in [0.4, 0.5) is 11.4 Å². The first-order valence-electron chi connectivity index (χ1n) is 9.52. The Morgan fingerprint density at radius 3 is 2.56 bits per heavy atom. The lowest BCUT2D eigenvalue weighted by Gasteiger charge is -2.36. The molecule has 1 atom stereocenters. The van der Waals surface area contributed by atoms with Gasteiger partial charge in [-0.15, -0.1) is 0 Å². The minimum Gasteiger partial charge on any atom is -0.466 e. The smallest absolute Gasteiger partial charge is 0.310 e. The normalized spacial score (nSPS) is 27.3. The van der Waals surface area contributed by atoms with Crippen molar-refractivity contribution in [3.05, 3.63) is 20.4 Å². The molecule has 1 aliphatic heterocycles. The van der Waals surface area contributed by atoms with Crippen LogP contribution < -0.4 is 21.1 Å². The quantitative estimate of drug-likeness (QED) is 0.648. The zero-order valence-corrected chi connectivity index (χ0v) is 15.2. The van der Waals surface area contributed by atoms with E-state index in [0.717, 1.165) is 44.4 Å². The second-order valence-corrected chi connectivity index (χ2v) is 7.52. The summed E-state index contributed by atoms with van der Waals surface area (Å²) in [4.78, 5) is 38.2. The molecule has 0 amide bonds. The van der Waals surface area contributed by atoms with Crippen LogP contribution in [0.1, 0.15) is 52.4 Å². The van der Waals surface area contributed by atoms with Gasteiger partial charge in [-0.3, -0.25) is 14.4 Å². The number of nitrogens with one attached hydrogen (secondary N) is 1. The predicted molar refractivity (Wildman–Crippen MR) is 98.0 cm³/mol. The molecular weight excluding hydrogens is 320 g/mol.